The Morgan fingerprint density at radius 1 is 0.920 bits per heavy atom. The molecule has 2 aromatic carbocycles. The normalized spacial score (nSPS) is 10.3. The molecule has 5 heteroatoms. The molecule has 0 fully saturated rings. The smallest absolute Gasteiger partial charge is 0.221 e. The summed E-state index contributed by atoms with van der Waals surface area (Å²) in [5.74, 6) is 1.49. The first-order valence-corrected chi connectivity index (χ1v) is 8.45. The molecule has 2 aromatic rings. The number of rotatable bonds is 10. The fourth-order valence-electron chi connectivity index (χ4n) is 2.50. The zero-order valence-electron chi connectivity index (χ0n) is 14.9. The highest BCUT2D eigenvalue weighted by Crippen LogP contribution is 2.27. The fourth-order valence-corrected chi connectivity index (χ4v) is 2.50. The highest BCUT2D eigenvalue weighted by Gasteiger charge is 2.05. The second-order valence-corrected chi connectivity index (χ2v) is 5.70. The van der Waals surface area contributed by atoms with Gasteiger partial charge >= 0.3 is 0 Å². The third-order valence-corrected chi connectivity index (χ3v) is 3.88. The molecule has 2 rings (SSSR count). The van der Waals surface area contributed by atoms with Gasteiger partial charge in [-0.15, -0.1) is 0 Å². The molecule has 0 radical (unpaired) electrons. The summed E-state index contributed by atoms with van der Waals surface area (Å²) >= 11 is 0. The molecular weight excluding hydrogens is 316 g/mol. The minimum Gasteiger partial charge on any atom is -0.493 e. The third-order valence-electron chi connectivity index (χ3n) is 3.88. The van der Waals surface area contributed by atoms with Gasteiger partial charge in [-0.05, 0) is 29.7 Å². The number of benzene rings is 2. The van der Waals surface area contributed by atoms with Crippen molar-refractivity contribution in [2.24, 2.45) is 0 Å². The molecule has 1 amide bonds. The van der Waals surface area contributed by atoms with Gasteiger partial charge in [-0.1, -0.05) is 36.4 Å². The number of amides is 1. The second kappa shape index (κ2) is 10.4. The van der Waals surface area contributed by atoms with E-state index < -0.39 is 0 Å². The maximum Gasteiger partial charge on any atom is 0.221 e. The monoisotopic (exact) mass is 342 g/mol. The first kappa shape index (κ1) is 18.8. The minimum atomic E-state index is 0.0655. The van der Waals surface area contributed by atoms with Crippen molar-refractivity contribution in [2.75, 3.05) is 27.3 Å². The van der Waals surface area contributed by atoms with Gasteiger partial charge in [0, 0.05) is 26.1 Å². The Hall–Kier alpha value is -2.53. The number of nitrogens with one attached hydrogen (secondary N) is 2. The maximum absolute atomic E-state index is 11.8. The van der Waals surface area contributed by atoms with Crippen LogP contribution in [0.15, 0.2) is 48.5 Å². The molecule has 0 aliphatic heterocycles. The quantitative estimate of drug-likeness (QED) is 0.652. The van der Waals surface area contributed by atoms with E-state index in [4.69, 9.17) is 9.47 Å². The molecule has 0 unspecified atom stereocenters. The summed E-state index contributed by atoms with van der Waals surface area (Å²) in [7, 11) is 3.24. The van der Waals surface area contributed by atoms with Crippen molar-refractivity contribution in [1.29, 1.82) is 0 Å². The van der Waals surface area contributed by atoms with Crippen molar-refractivity contribution >= 4 is 5.91 Å². The van der Waals surface area contributed by atoms with Crippen LogP contribution in [0.4, 0.5) is 0 Å². The van der Waals surface area contributed by atoms with Gasteiger partial charge in [0.05, 0.1) is 14.2 Å². The average molecular weight is 342 g/mol. The number of carbonyl (C=O) groups excluding carboxylic acids is 1. The van der Waals surface area contributed by atoms with Crippen LogP contribution in [-0.4, -0.2) is 33.2 Å². The van der Waals surface area contributed by atoms with Gasteiger partial charge in [0.15, 0.2) is 11.5 Å². The fraction of sp³-hybridized carbons (Fsp3) is 0.350. The Morgan fingerprint density at radius 2 is 1.68 bits per heavy atom. The Morgan fingerprint density at radius 3 is 2.40 bits per heavy atom. The van der Waals surface area contributed by atoms with Crippen molar-refractivity contribution in [3.63, 3.8) is 0 Å². The predicted octanol–water partition coefficient (Wildman–Crippen LogP) is 2.54. The van der Waals surface area contributed by atoms with E-state index in [1.165, 1.54) is 5.56 Å². The zero-order chi connectivity index (χ0) is 17.9. The van der Waals surface area contributed by atoms with E-state index in [-0.39, 0.29) is 5.91 Å². The summed E-state index contributed by atoms with van der Waals surface area (Å²) in [6.45, 7) is 1.97. The molecule has 0 saturated heterocycles. The Labute approximate surface area is 149 Å². The van der Waals surface area contributed by atoms with Gasteiger partial charge in [-0.25, -0.2) is 0 Å². The van der Waals surface area contributed by atoms with Crippen LogP contribution in [0.25, 0.3) is 0 Å². The van der Waals surface area contributed by atoms with Crippen LogP contribution >= 0.6 is 0 Å². The molecule has 134 valence electrons. The van der Waals surface area contributed by atoms with Gasteiger partial charge in [-0.2, -0.15) is 0 Å². The number of ether oxygens (including phenoxy) is 2. The van der Waals surface area contributed by atoms with E-state index in [2.05, 4.69) is 22.8 Å². The van der Waals surface area contributed by atoms with Gasteiger partial charge in [0.1, 0.15) is 0 Å². The summed E-state index contributed by atoms with van der Waals surface area (Å²) in [5, 5.41) is 6.22. The third kappa shape index (κ3) is 6.47. The standard InChI is InChI=1S/C20H26N2O3/c1-24-18-9-8-17(14-19(18)25-2)15-21-12-11-20(23)22-13-10-16-6-4-3-5-7-16/h3-9,14,21H,10-13,15H2,1-2H3,(H,22,23). The lowest BCUT2D eigenvalue weighted by Crippen LogP contribution is -2.29. The van der Waals surface area contributed by atoms with Crippen LogP contribution in [-0.2, 0) is 17.8 Å². The van der Waals surface area contributed by atoms with Crippen molar-refractivity contribution in [3.05, 3.63) is 59.7 Å². The number of methoxy groups -OCH3 is 2. The summed E-state index contributed by atoms with van der Waals surface area (Å²) in [6.07, 6.45) is 1.31. The summed E-state index contributed by atoms with van der Waals surface area (Å²) < 4.78 is 10.5. The molecular formula is C20H26N2O3. The SMILES string of the molecule is COc1ccc(CNCCC(=O)NCCc2ccccc2)cc1OC. The van der Waals surface area contributed by atoms with E-state index in [1.54, 1.807) is 14.2 Å². The average Bonchev–Trinajstić information content (AvgIpc) is 2.66. The topological polar surface area (TPSA) is 59.6 Å². The molecule has 5 nitrogen and oxygen atoms in total. The summed E-state index contributed by atoms with van der Waals surface area (Å²) in [5.41, 5.74) is 2.32. The van der Waals surface area contributed by atoms with Crippen LogP contribution in [0.5, 0.6) is 11.5 Å². The Kier molecular flexibility index (Phi) is 7.79. The molecule has 0 bridgehead atoms. The van der Waals surface area contributed by atoms with Crippen LogP contribution in [0.2, 0.25) is 0 Å². The molecule has 0 atom stereocenters. The van der Waals surface area contributed by atoms with E-state index >= 15 is 0 Å². The lowest BCUT2D eigenvalue weighted by atomic mass is 10.1. The largest absolute Gasteiger partial charge is 0.493 e. The highest BCUT2D eigenvalue weighted by molar-refractivity contribution is 5.76. The number of hydrogen-bond donors (Lipinski definition) is 2. The Balaban J connectivity index is 1.63. The maximum atomic E-state index is 11.8. The van der Waals surface area contributed by atoms with Crippen LogP contribution in [0.3, 0.4) is 0 Å². The second-order valence-electron chi connectivity index (χ2n) is 5.70. The first-order valence-electron chi connectivity index (χ1n) is 8.45. The first-order chi connectivity index (χ1) is 12.2. The number of carbonyl (C=O) groups is 1. The zero-order valence-corrected chi connectivity index (χ0v) is 14.9. The van der Waals surface area contributed by atoms with Gasteiger partial charge in [-0.3, -0.25) is 4.79 Å². The van der Waals surface area contributed by atoms with E-state index in [1.807, 2.05) is 36.4 Å². The highest BCUT2D eigenvalue weighted by atomic mass is 16.5. The van der Waals surface area contributed by atoms with Gasteiger partial charge in [0.2, 0.25) is 5.91 Å². The molecule has 2 N–H and O–H groups in total. The van der Waals surface area contributed by atoms with Gasteiger partial charge in [0.25, 0.3) is 0 Å². The lowest BCUT2D eigenvalue weighted by molar-refractivity contribution is -0.120. The van der Waals surface area contributed by atoms with Crippen LogP contribution in [0.1, 0.15) is 17.5 Å². The molecule has 0 saturated carbocycles. The van der Waals surface area contributed by atoms with Crippen molar-refractivity contribution in [3.8, 4) is 11.5 Å². The molecule has 0 heterocycles. The summed E-state index contributed by atoms with van der Waals surface area (Å²) in [6, 6.07) is 15.9. The number of hydrogen-bond acceptors (Lipinski definition) is 4. The Bertz CT molecular complexity index is 659. The van der Waals surface area contributed by atoms with Crippen LogP contribution in [0, 0.1) is 0 Å². The molecule has 0 aliphatic rings. The van der Waals surface area contributed by atoms with Crippen molar-refractivity contribution < 1.29 is 14.3 Å². The van der Waals surface area contributed by atoms with Gasteiger partial charge < -0.3 is 20.1 Å². The van der Waals surface area contributed by atoms with E-state index in [9.17, 15) is 4.79 Å². The van der Waals surface area contributed by atoms with E-state index in [0.717, 1.165) is 12.0 Å². The predicted molar refractivity (Wildman–Crippen MR) is 99.0 cm³/mol. The van der Waals surface area contributed by atoms with Crippen molar-refractivity contribution in [1.82, 2.24) is 10.6 Å². The molecule has 0 spiro atoms. The minimum absolute atomic E-state index is 0.0655. The lowest BCUT2D eigenvalue weighted by Gasteiger charge is -2.10. The summed E-state index contributed by atoms with van der Waals surface area (Å²) in [4.78, 5) is 11.8. The van der Waals surface area contributed by atoms with Crippen molar-refractivity contribution in [2.45, 2.75) is 19.4 Å². The molecule has 0 aliphatic carbocycles. The van der Waals surface area contributed by atoms with Crippen LogP contribution < -0.4 is 20.1 Å². The molecule has 0 aromatic heterocycles. The molecule has 25 heavy (non-hydrogen) atoms. The van der Waals surface area contributed by atoms with E-state index in [0.29, 0.717) is 37.6 Å².